The number of ketones is 1. The zero-order valence-electron chi connectivity index (χ0n) is 9.73. The summed E-state index contributed by atoms with van der Waals surface area (Å²) in [6, 6.07) is 0. The van der Waals surface area contributed by atoms with Crippen molar-refractivity contribution in [1.82, 2.24) is 24.8 Å². The van der Waals surface area contributed by atoms with Crippen LogP contribution in [0.15, 0.2) is 25.0 Å². The van der Waals surface area contributed by atoms with Crippen molar-refractivity contribution in [2.45, 2.75) is 25.9 Å². The molecule has 0 aliphatic carbocycles. The third kappa shape index (κ3) is 3.47. The number of aromatic nitrogens is 6. The molecule has 7 nitrogen and oxygen atoms in total. The highest BCUT2D eigenvalue weighted by molar-refractivity contribution is 5.78. The van der Waals surface area contributed by atoms with Gasteiger partial charge in [-0.25, -0.2) is 13.8 Å². The highest BCUT2D eigenvalue weighted by Gasteiger charge is 2.07. The van der Waals surface area contributed by atoms with Gasteiger partial charge < -0.3 is 0 Å². The zero-order chi connectivity index (χ0) is 12.1. The molecule has 90 valence electrons. The largest absolute Gasteiger partial charge is 0.295 e. The van der Waals surface area contributed by atoms with E-state index in [1.807, 2.05) is 34.9 Å². The van der Waals surface area contributed by atoms with Crippen LogP contribution < -0.4 is 4.57 Å². The van der Waals surface area contributed by atoms with Crippen molar-refractivity contribution in [3.63, 3.8) is 0 Å². The second kappa shape index (κ2) is 5.33. The van der Waals surface area contributed by atoms with Gasteiger partial charge in [0.1, 0.15) is 25.3 Å². The van der Waals surface area contributed by atoms with Crippen LogP contribution in [0.1, 0.15) is 12.8 Å². The highest BCUT2D eigenvalue weighted by Crippen LogP contribution is 1.97. The topological polar surface area (TPSA) is 69.5 Å². The summed E-state index contributed by atoms with van der Waals surface area (Å²) in [5, 5.41) is 10.8. The summed E-state index contributed by atoms with van der Waals surface area (Å²) in [6.07, 6.45) is 8.54. The number of carbonyl (C=O) groups is 1. The van der Waals surface area contributed by atoms with E-state index >= 15 is 0 Å². The smallest absolute Gasteiger partial charge is 0.243 e. The molecule has 0 amide bonds. The van der Waals surface area contributed by atoms with E-state index < -0.39 is 0 Å². The first kappa shape index (κ1) is 11.4. The molecule has 0 radical (unpaired) electrons. The number of hydrogen-bond donors (Lipinski definition) is 0. The third-order valence-electron chi connectivity index (χ3n) is 2.42. The Bertz CT molecular complexity index is 475. The number of Topliss-reactive ketones (excluding diaryl/α,β-unsaturated/α-hetero) is 1. The van der Waals surface area contributed by atoms with Gasteiger partial charge in [-0.05, 0) is 16.8 Å². The Hall–Kier alpha value is -2.05. The molecule has 0 spiro atoms. The molecule has 2 aromatic rings. The molecule has 0 unspecified atom stereocenters. The predicted molar refractivity (Wildman–Crippen MR) is 57.7 cm³/mol. The SMILES string of the molecule is C[n+]1ccn(CC(=O)CCCn2cnnn2)c1. The Labute approximate surface area is 98.7 Å². The normalized spacial score (nSPS) is 10.6. The van der Waals surface area contributed by atoms with Crippen molar-refractivity contribution in [1.29, 1.82) is 0 Å². The van der Waals surface area contributed by atoms with E-state index in [0.717, 1.165) is 6.42 Å². The molecule has 7 heteroatoms. The minimum atomic E-state index is 0.217. The van der Waals surface area contributed by atoms with Gasteiger partial charge in [-0.1, -0.05) is 0 Å². The molecule has 2 aromatic heterocycles. The van der Waals surface area contributed by atoms with Crippen molar-refractivity contribution in [3.05, 3.63) is 25.0 Å². The maximum atomic E-state index is 11.7. The van der Waals surface area contributed by atoms with Gasteiger partial charge >= 0.3 is 0 Å². The zero-order valence-corrected chi connectivity index (χ0v) is 9.73. The quantitative estimate of drug-likeness (QED) is 0.624. The molecular weight excluding hydrogens is 220 g/mol. The standard InChI is InChI=1S/C10H15N6O/c1-14-5-6-15(9-14)7-10(17)3-2-4-16-8-11-12-13-16/h5-6,8-9H,2-4,7H2,1H3/q+1. The summed E-state index contributed by atoms with van der Waals surface area (Å²) in [5.41, 5.74) is 0. The minimum Gasteiger partial charge on any atom is -0.295 e. The molecule has 0 saturated carbocycles. The Kier molecular flexibility index (Phi) is 3.59. The lowest BCUT2D eigenvalue weighted by Crippen LogP contribution is -2.24. The lowest BCUT2D eigenvalue weighted by atomic mass is 10.2. The van der Waals surface area contributed by atoms with Gasteiger partial charge in [-0.2, -0.15) is 0 Å². The summed E-state index contributed by atoms with van der Waals surface area (Å²) in [4.78, 5) is 11.7. The molecule has 0 atom stereocenters. The van der Waals surface area contributed by atoms with Gasteiger partial charge in [-0.15, -0.1) is 5.10 Å². The number of imidazole rings is 1. The van der Waals surface area contributed by atoms with E-state index in [-0.39, 0.29) is 5.78 Å². The van der Waals surface area contributed by atoms with Gasteiger partial charge in [0.15, 0.2) is 5.78 Å². The number of hydrogen-bond acceptors (Lipinski definition) is 4. The maximum absolute atomic E-state index is 11.7. The van der Waals surface area contributed by atoms with Crippen LogP contribution in [0.4, 0.5) is 0 Å². The Balaban J connectivity index is 1.71. The molecule has 0 aromatic carbocycles. The highest BCUT2D eigenvalue weighted by atomic mass is 16.1. The monoisotopic (exact) mass is 235 g/mol. The Morgan fingerprint density at radius 2 is 2.35 bits per heavy atom. The summed E-state index contributed by atoms with van der Waals surface area (Å²) >= 11 is 0. The molecule has 0 N–H and O–H groups in total. The molecular formula is C10H15N6O+. The van der Waals surface area contributed by atoms with Gasteiger partial charge in [0.05, 0.1) is 7.05 Å². The Morgan fingerprint density at radius 3 is 3.00 bits per heavy atom. The van der Waals surface area contributed by atoms with Crippen molar-refractivity contribution in [2.24, 2.45) is 7.05 Å². The first-order valence-corrected chi connectivity index (χ1v) is 5.47. The van der Waals surface area contributed by atoms with E-state index in [1.54, 1.807) is 11.0 Å². The lowest BCUT2D eigenvalue weighted by molar-refractivity contribution is -0.671. The average Bonchev–Trinajstić information content (AvgIpc) is 2.90. The summed E-state index contributed by atoms with van der Waals surface area (Å²) in [5.74, 6) is 0.217. The minimum absolute atomic E-state index is 0.217. The summed E-state index contributed by atoms with van der Waals surface area (Å²) < 4.78 is 5.41. The van der Waals surface area contributed by atoms with E-state index in [1.165, 1.54) is 0 Å². The van der Waals surface area contributed by atoms with Gasteiger partial charge in [-0.3, -0.25) is 4.79 Å². The van der Waals surface area contributed by atoms with Crippen molar-refractivity contribution in [3.8, 4) is 0 Å². The van der Waals surface area contributed by atoms with Crippen LogP contribution in [-0.2, 0) is 24.9 Å². The van der Waals surface area contributed by atoms with E-state index in [2.05, 4.69) is 15.5 Å². The van der Waals surface area contributed by atoms with Crippen LogP contribution in [-0.4, -0.2) is 30.6 Å². The number of rotatable bonds is 6. The fourth-order valence-corrected chi connectivity index (χ4v) is 1.60. The number of tetrazole rings is 1. The van der Waals surface area contributed by atoms with Gasteiger partial charge in [0.2, 0.25) is 6.33 Å². The lowest BCUT2D eigenvalue weighted by Gasteiger charge is -1.98. The third-order valence-corrected chi connectivity index (χ3v) is 2.42. The molecule has 2 rings (SSSR count). The van der Waals surface area contributed by atoms with Crippen molar-refractivity contribution in [2.75, 3.05) is 0 Å². The first-order chi connectivity index (χ1) is 8.24. The van der Waals surface area contributed by atoms with E-state index in [9.17, 15) is 4.79 Å². The second-order valence-electron chi connectivity index (χ2n) is 3.97. The van der Waals surface area contributed by atoms with E-state index in [0.29, 0.717) is 19.5 Å². The van der Waals surface area contributed by atoms with Crippen LogP contribution in [0, 0.1) is 0 Å². The molecule has 17 heavy (non-hydrogen) atoms. The summed E-state index contributed by atoms with van der Waals surface area (Å²) in [7, 11) is 1.93. The molecule has 0 bridgehead atoms. The van der Waals surface area contributed by atoms with Gasteiger partial charge in [0.25, 0.3) is 0 Å². The van der Waals surface area contributed by atoms with Gasteiger partial charge in [0, 0.05) is 13.0 Å². The number of carbonyl (C=O) groups excluding carboxylic acids is 1. The van der Waals surface area contributed by atoms with Crippen LogP contribution in [0.25, 0.3) is 0 Å². The van der Waals surface area contributed by atoms with Crippen molar-refractivity contribution < 1.29 is 9.36 Å². The predicted octanol–water partition coefficient (Wildman–Crippen LogP) is -0.651. The van der Waals surface area contributed by atoms with Crippen LogP contribution in [0.3, 0.4) is 0 Å². The van der Waals surface area contributed by atoms with Crippen LogP contribution in [0.2, 0.25) is 0 Å². The van der Waals surface area contributed by atoms with E-state index in [4.69, 9.17) is 0 Å². The number of aryl methyl sites for hydroxylation is 2. The molecule has 0 saturated heterocycles. The number of nitrogens with zero attached hydrogens (tertiary/aromatic N) is 6. The molecule has 0 aliphatic heterocycles. The van der Waals surface area contributed by atoms with Crippen LogP contribution >= 0.6 is 0 Å². The average molecular weight is 235 g/mol. The molecule has 0 fully saturated rings. The summed E-state index contributed by atoms with van der Waals surface area (Å²) in [6.45, 7) is 1.11. The Morgan fingerprint density at radius 1 is 1.47 bits per heavy atom. The molecule has 0 aliphatic rings. The second-order valence-corrected chi connectivity index (χ2v) is 3.97. The maximum Gasteiger partial charge on any atom is 0.243 e. The fraction of sp³-hybridized carbons (Fsp3) is 0.500. The fourth-order valence-electron chi connectivity index (χ4n) is 1.60. The van der Waals surface area contributed by atoms with Crippen LogP contribution in [0.5, 0.6) is 0 Å². The first-order valence-electron chi connectivity index (χ1n) is 5.47. The van der Waals surface area contributed by atoms with Crippen molar-refractivity contribution >= 4 is 5.78 Å². The molecule has 2 heterocycles.